The smallest absolute Gasteiger partial charge is 0.161 e. The SMILES string of the molecule is CCCn1ncc(OC)c1C(NC)c1cccc(Br)c1. The maximum absolute atomic E-state index is 5.47. The van der Waals surface area contributed by atoms with Crippen molar-refractivity contribution in [2.75, 3.05) is 14.2 Å². The molecule has 0 amide bonds. The van der Waals surface area contributed by atoms with E-state index in [4.69, 9.17) is 4.74 Å². The average Bonchev–Trinajstić information content (AvgIpc) is 2.84. The highest BCUT2D eigenvalue weighted by Gasteiger charge is 2.22. The predicted molar refractivity (Wildman–Crippen MR) is 84.1 cm³/mol. The Hall–Kier alpha value is -1.33. The third-order valence-corrected chi connectivity index (χ3v) is 3.74. The molecule has 1 atom stereocenters. The molecule has 0 aliphatic rings. The highest BCUT2D eigenvalue weighted by molar-refractivity contribution is 9.10. The van der Waals surface area contributed by atoms with Gasteiger partial charge in [-0.15, -0.1) is 0 Å². The van der Waals surface area contributed by atoms with Crippen LogP contribution in [0.3, 0.4) is 0 Å². The molecule has 20 heavy (non-hydrogen) atoms. The number of benzene rings is 1. The summed E-state index contributed by atoms with van der Waals surface area (Å²) in [6.07, 6.45) is 2.82. The van der Waals surface area contributed by atoms with Crippen LogP contribution >= 0.6 is 15.9 Å². The Balaban J connectivity index is 2.48. The van der Waals surface area contributed by atoms with Gasteiger partial charge in [0.05, 0.1) is 19.3 Å². The van der Waals surface area contributed by atoms with E-state index in [2.05, 4.69) is 45.4 Å². The minimum absolute atomic E-state index is 0.0523. The molecule has 0 bridgehead atoms. The standard InChI is InChI=1S/C15H20BrN3O/c1-4-8-19-15(13(20-3)10-18-19)14(17-2)11-6-5-7-12(16)9-11/h5-7,9-10,14,17H,4,8H2,1-3H3. The van der Waals surface area contributed by atoms with Gasteiger partial charge in [0.2, 0.25) is 0 Å². The second-order valence-corrected chi connectivity index (χ2v) is 5.51. The van der Waals surface area contributed by atoms with Crippen LogP contribution in [0.2, 0.25) is 0 Å². The fourth-order valence-corrected chi connectivity index (χ4v) is 2.78. The van der Waals surface area contributed by atoms with Crippen LogP contribution in [0.15, 0.2) is 34.9 Å². The van der Waals surface area contributed by atoms with E-state index in [0.29, 0.717) is 0 Å². The minimum atomic E-state index is 0.0523. The second kappa shape index (κ2) is 6.90. The van der Waals surface area contributed by atoms with Gasteiger partial charge in [-0.1, -0.05) is 35.0 Å². The van der Waals surface area contributed by atoms with Gasteiger partial charge < -0.3 is 10.1 Å². The lowest BCUT2D eigenvalue weighted by atomic mass is 10.0. The van der Waals surface area contributed by atoms with E-state index in [1.165, 1.54) is 5.56 Å². The zero-order valence-corrected chi connectivity index (χ0v) is 13.6. The lowest BCUT2D eigenvalue weighted by Gasteiger charge is -2.20. The van der Waals surface area contributed by atoms with Crippen LogP contribution in [0.4, 0.5) is 0 Å². The molecule has 0 radical (unpaired) electrons. The van der Waals surface area contributed by atoms with Gasteiger partial charge in [0.1, 0.15) is 5.69 Å². The Morgan fingerprint density at radius 3 is 2.85 bits per heavy atom. The number of halogens is 1. The highest BCUT2D eigenvalue weighted by atomic mass is 79.9. The summed E-state index contributed by atoms with van der Waals surface area (Å²) in [7, 11) is 3.64. The predicted octanol–water partition coefficient (Wildman–Crippen LogP) is 3.37. The first-order chi connectivity index (χ1) is 9.71. The first-order valence-electron chi connectivity index (χ1n) is 6.73. The number of hydrogen-bond donors (Lipinski definition) is 1. The highest BCUT2D eigenvalue weighted by Crippen LogP contribution is 2.31. The van der Waals surface area contributed by atoms with Crippen LogP contribution in [0.25, 0.3) is 0 Å². The lowest BCUT2D eigenvalue weighted by Crippen LogP contribution is -2.22. The van der Waals surface area contributed by atoms with E-state index in [-0.39, 0.29) is 6.04 Å². The monoisotopic (exact) mass is 337 g/mol. The molecule has 0 saturated heterocycles. The van der Waals surface area contributed by atoms with E-state index in [1.54, 1.807) is 13.3 Å². The molecule has 1 unspecified atom stereocenters. The van der Waals surface area contributed by atoms with Crippen LogP contribution in [0.1, 0.15) is 30.6 Å². The fraction of sp³-hybridized carbons (Fsp3) is 0.400. The third-order valence-electron chi connectivity index (χ3n) is 3.24. The molecule has 1 heterocycles. The Morgan fingerprint density at radius 1 is 1.45 bits per heavy atom. The molecule has 0 saturated carbocycles. The zero-order valence-electron chi connectivity index (χ0n) is 12.1. The molecular formula is C15H20BrN3O. The number of aryl methyl sites for hydroxylation is 1. The molecule has 1 aromatic heterocycles. The number of nitrogens with one attached hydrogen (secondary N) is 1. The first kappa shape index (κ1) is 15.1. The van der Waals surface area contributed by atoms with Crippen molar-refractivity contribution < 1.29 is 4.74 Å². The third kappa shape index (κ3) is 3.04. The van der Waals surface area contributed by atoms with E-state index < -0.39 is 0 Å². The van der Waals surface area contributed by atoms with Crippen molar-refractivity contribution in [2.45, 2.75) is 25.9 Å². The van der Waals surface area contributed by atoms with Crippen LogP contribution < -0.4 is 10.1 Å². The topological polar surface area (TPSA) is 39.1 Å². The molecule has 4 nitrogen and oxygen atoms in total. The van der Waals surface area contributed by atoms with E-state index >= 15 is 0 Å². The summed E-state index contributed by atoms with van der Waals surface area (Å²) >= 11 is 3.53. The number of rotatable bonds is 6. The lowest BCUT2D eigenvalue weighted by molar-refractivity contribution is 0.400. The van der Waals surface area contributed by atoms with E-state index in [9.17, 15) is 0 Å². The Kier molecular flexibility index (Phi) is 5.20. The number of hydrogen-bond acceptors (Lipinski definition) is 3. The summed E-state index contributed by atoms with van der Waals surface area (Å²) < 4.78 is 8.55. The summed E-state index contributed by atoms with van der Waals surface area (Å²) in [6.45, 7) is 3.02. The molecule has 1 aromatic carbocycles. The fourth-order valence-electron chi connectivity index (χ4n) is 2.36. The van der Waals surface area contributed by atoms with Crippen LogP contribution in [-0.2, 0) is 6.54 Å². The summed E-state index contributed by atoms with van der Waals surface area (Å²) in [4.78, 5) is 0. The number of aromatic nitrogens is 2. The number of methoxy groups -OCH3 is 1. The van der Waals surface area contributed by atoms with Gasteiger partial charge in [-0.25, -0.2) is 0 Å². The number of ether oxygens (including phenoxy) is 1. The normalized spacial score (nSPS) is 12.4. The quantitative estimate of drug-likeness (QED) is 0.878. The molecule has 1 N–H and O–H groups in total. The van der Waals surface area contributed by atoms with Gasteiger partial charge in [-0.3, -0.25) is 4.68 Å². The Morgan fingerprint density at radius 2 is 2.25 bits per heavy atom. The summed E-state index contributed by atoms with van der Waals surface area (Å²) in [5, 5.41) is 7.79. The van der Waals surface area contributed by atoms with Crippen molar-refractivity contribution in [3.8, 4) is 5.75 Å². The molecule has 0 aliphatic heterocycles. The van der Waals surface area contributed by atoms with Crippen molar-refractivity contribution in [2.24, 2.45) is 0 Å². The van der Waals surface area contributed by atoms with Crippen LogP contribution in [-0.4, -0.2) is 23.9 Å². The van der Waals surface area contributed by atoms with Gasteiger partial charge in [-0.2, -0.15) is 5.10 Å². The van der Waals surface area contributed by atoms with Crippen molar-refractivity contribution in [3.05, 3.63) is 46.2 Å². The first-order valence-corrected chi connectivity index (χ1v) is 7.53. The van der Waals surface area contributed by atoms with Crippen molar-refractivity contribution >= 4 is 15.9 Å². The van der Waals surface area contributed by atoms with Crippen LogP contribution in [0.5, 0.6) is 5.75 Å². The van der Waals surface area contributed by atoms with Crippen LogP contribution in [0, 0.1) is 0 Å². The van der Waals surface area contributed by atoms with Crippen molar-refractivity contribution in [1.29, 1.82) is 0 Å². The molecule has 0 aliphatic carbocycles. The molecule has 2 rings (SSSR count). The Labute approximate surface area is 128 Å². The average molecular weight is 338 g/mol. The van der Waals surface area contributed by atoms with E-state index in [1.807, 2.05) is 23.9 Å². The largest absolute Gasteiger partial charge is 0.493 e. The Bertz CT molecular complexity index is 568. The second-order valence-electron chi connectivity index (χ2n) is 4.60. The van der Waals surface area contributed by atoms with Crippen molar-refractivity contribution in [1.82, 2.24) is 15.1 Å². The molecule has 2 aromatic rings. The van der Waals surface area contributed by atoms with Gasteiger partial charge in [-0.05, 0) is 31.2 Å². The maximum atomic E-state index is 5.47. The minimum Gasteiger partial charge on any atom is -0.493 e. The van der Waals surface area contributed by atoms with Gasteiger partial charge in [0.15, 0.2) is 5.75 Å². The summed E-state index contributed by atoms with van der Waals surface area (Å²) in [6, 6.07) is 8.34. The van der Waals surface area contributed by atoms with Gasteiger partial charge in [0.25, 0.3) is 0 Å². The molecule has 0 fully saturated rings. The summed E-state index contributed by atoms with van der Waals surface area (Å²) in [5.74, 6) is 0.817. The van der Waals surface area contributed by atoms with Crippen molar-refractivity contribution in [3.63, 3.8) is 0 Å². The zero-order chi connectivity index (χ0) is 14.5. The molecule has 5 heteroatoms. The van der Waals surface area contributed by atoms with E-state index in [0.717, 1.165) is 28.9 Å². The molecule has 108 valence electrons. The molecular weight excluding hydrogens is 318 g/mol. The molecule has 0 spiro atoms. The number of nitrogens with zero attached hydrogens (tertiary/aromatic N) is 2. The van der Waals surface area contributed by atoms with Gasteiger partial charge >= 0.3 is 0 Å². The van der Waals surface area contributed by atoms with Gasteiger partial charge in [0, 0.05) is 11.0 Å². The summed E-state index contributed by atoms with van der Waals surface area (Å²) in [5.41, 5.74) is 2.24. The maximum Gasteiger partial charge on any atom is 0.161 e.